The molecule has 0 aliphatic carbocycles. The van der Waals surface area contributed by atoms with Gasteiger partial charge in [0.05, 0.1) is 36.7 Å². The number of anilines is 2. The molecule has 0 fully saturated rings. The van der Waals surface area contributed by atoms with Crippen LogP contribution in [-0.2, 0) is 11.3 Å². The maximum absolute atomic E-state index is 12.8. The second-order valence-electron chi connectivity index (χ2n) is 7.72. The Labute approximate surface area is 204 Å². The summed E-state index contributed by atoms with van der Waals surface area (Å²) in [5.74, 6) is -1.30. The van der Waals surface area contributed by atoms with Gasteiger partial charge in [-0.1, -0.05) is 23.4 Å². The first-order valence-corrected chi connectivity index (χ1v) is 10.8. The number of hydrogen-bond donors (Lipinski definition) is 3. The van der Waals surface area contributed by atoms with Gasteiger partial charge in [-0.25, -0.2) is 9.48 Å². The Hall–Kier alpha value is -5.19. The Kier molecular flexibility index (Phi) is 6.02. The number of hydrogen-bond acceptors (Lipinski definition) is 9. The third-order valence-electron chi connectivity index (χ3n) is 5.29. The number of ether oxygens (including phenoxy) is 1. The van der Waals surface area contributed by atoms with E-state index in [0.717, 1.165) is 5.52 Å². The number of esters is 1. The van der Waals surface area contributed by atoms with Crippen LogP contribution < -0.4 is 10.6 Å². The van der Waals surface area contributed by atoms with Gasteiger partial charge in [0, 0.05) is 5.69 Å². The zero-order chi connectivity index (χ0) is 25.1. The molecule has 180 valence electrons. The molecule has 1 amide bonds. The fraction of sp³-hybridized carbons (Fsp3) is 0.0800. The summed E-state index contributed by atoms with van der Waals surface area (Å²) < 4.78 is 11.8. The van der Waals surface area contributed by atoms with Crippen LogP contribution in [0.25, 0.3) is 16.8 Å². The van der Waals surface area contributed by atoms with Gasteiger partial charge in [0.25, 0.3) is 11.9 Å². The lowest BCUT2D eigenvalue weighted by molar-refractivity contribution is 0.0600. The second-order valence-corrected chi connectivity index (χ2v) is 7.72. The highest BCUT2D eigenvalue weighted by atomic mass is 16.5. The third-order valence-corrected chi connectivity index (χ3v) is 5.29. The summed E-state index contributed by atoms with van der Waals surface area (Å²) in [6, 6.07) is 18.6. The van der Waals surface area contributed by atoms with E-state index < -0.39 is 11.9 Å². The molecular weight excluding hydrogens is 464 g/mol. The molecule has 0 unspecified atom stereocenters. The molecule has 3 N–H and O–H groups in total. The molecule has 2 aromatic heterocycles. The highest BCUT2D eigenvalue weighted by Crippen LogP contribution is 2.23. The van der Waals surface area contributed by atoms with E-state index in [-0.39, 0.29) is 16.9 Å². The van der Waals surface area contributed by atoms with Crippen LogP contribution in [0.5, 0.6) is 5.75 Å². The lowest BCUT2D eigenvalue weighted by atomic mass is 10.1. The van der Waals surface area contributed by atoms with Crippen LogP contribution in [-0.4, -0.2) is 44.1 Å². The van der Waals surface area contributed by atoms with Crippen LogP contribution in [0.3, 0.4) is 0 Å². The van der Waals surface area contributed by atoms with Crippen LogP contribution in [0.4, 0.5) is 11.7 Å². The third kappa shape index (κ3) is 4.71. The van der Waals surface area contributed by atoms with E-state index >= 15 is 0 Å². The summed E-state index contributed by atoms with van der Waals surface area (Å²) in [7, 11) is 1.28. The van der Waals surface area contributed by atoms with Gasteiger partial charge in [-0.05, 0) is 48.5 Å². The standard InChI is InChI=1S/C25H20N6O5/c1-35-24(34)15-5-4-6-16(11-15)27-23(33)19-12-18(9-10-21(19)32)31-14-17(29-30-31)13-26-25-28-20-7-2-3-8-22(20)36-25/h2-12,14,32H,13H2,1H3,(H,26,28)(H,27,33). The predicted octanol–water partition coefficient (Wildman–Crippen LogP) is 3.77. The molecule has 36 heavy (non-hydrogen) atoms. The zero-order valence-corrected chi connectivity index (χ0v) is 19.0. The molecule has 0 radical (unpaired) electrons. The van der Waals surface area contributed by atoms with E-state index in [1.54, 1.807) is 30.5 Å². The van der Waals surface area contributed by atoms with Gasteiger partial charge in [-0.2, -0.15) is 4.98 Å². The average molecular weight is 484 g/mol. The normalized spacial score (nSPS) is 10.8. The van der Waals surface area contributed by atoms with Crippen molar-refractivity contribution in [2.75, 3.05) is 17.7 Å². The topological polar surface area (TPSA) is 144 Å². The first-order chi connectivity index (χ1) is 17.5. The maximum Gasteiger partial charge on any atom is 0.337 e. The number of carbonyl (C=O) groups is 2. The number of para-hydroxylation sites is 2. The van der Waals surface area contributed by atoms with E-state index in [1.165, 1.54) is 30.0 Å². The van der Waals surface area contributed by atoms with Crippen molar-refractivity contribution < 1.29 is 23.8 Å². The summed E-state index contributed by atoms with van der Waals surface area (Å²) in [6.45, 7) is 0.314. The monoisotopic (exact) mass is 484 g/mol. The number of fused-ring (bicyclic) bond motifs is 1. The van der Waals surface area contributed by atoms with Gasteiger partial charge in [0.1, 0.15) is 17.0 Å². The molecule has 11 nitrogen and oxygen atoms in total. The van der Waals surface area contributed by atoms with Crippen LogP contribution in [0.15, 0.2) is 77.3 Å². The smallest absolute Gasteiger partial charge is 0.337 e. The van der Waals surface area contributed by atoms with E-state index in [4.69, 9.17) is 9.15 Å². The van der Waals surface area contributed by atoms with Crippen LogP contribution in [0.2, 0.25) is 0 Å². The molecule has 3 aromatic carbocycles. The van der Waals surface area contributed by atoms with Crippen molar-refractivity contribution in [2.24, 2.45) is 0 Å². The second kappa shape index (κ2) is 9.58. The molecule has 0 spiro atoms. The maximum atomic E-state index is 12.8. The van der Waals surface area contributed by atoms with Crippen LogP contribution in [0.1, 0.15) is 26.4 Å². The Morgan fingerprint density at radius 2 is 1.94 bits per heavy atom. The van der Waals surface area contributed by atoms with E-state index in [9.17, 15) is 14.7 Å². The van der Waals surface area contributed by atoms with E-state index in [2.05, 4.69) is 25.9 Å². The molecule has 0 aliphatic rings. The fourth-order valence-corrected chi connectivity index (χ4v) is 3.51. The lowest BCUT2D eigenvalue weighted by Crippen LogP contribution is -2.13. The largest absolute Gasteiger partial charge is 0.507 e. The number of phenols is 1. The number of aromatic hydroxyl groups is 1. The Balaban J connectivity index is 1.30. The molecular formula is C25H20N6O5. The number of rotatable bonds is 7. The molecule has 0 saturated heterocycles. The van der Waals surface area contributed by atoms with E-state index in [0.29, 0.717) is 35.2 Å². The molecule has 5 aromatic rings. The number of nitrogens with one attached hydrogen (secondary N) is 2. The molecule has 0 aliphatic heterocycles. The lowest BCUT2D eigenvalue weighted by Gasteiger charge is -2.09. The minimum absolute atomic E-state index is 0.0256. The summed E-state index contributed by atoms with van der Waals surface area (Å²) in [5.41, 5.74) is 3.23. The minimum Gasteiger partial charge on any atom is -0.507 e. The van der Waals surface area contributed by atoms with Crippen molar-refractivity contribution in [2.45, 2.75) is 6.54 Å². The number of amides is 1. The average Bonchev–Trinajstić information content (AvgIpc) is 3.54. The van der Waals surface area contributed by atoms with Gasteiger partial charge < -0.3 is 24.9 Å². The van der Waals surface area contributed by atoms with Crippen molar-refractivity contribution in [3.05, 3.63) is 89.7 Å². The number of carbonyl (C=O) groups excluding carboxylic acids is 2. The number of aromatic nitrogens is 4. The van der Waals surface area contributed by atoms with Gasteiger partial charge in [0.2, 0.25) is 0 Å². The molecule has 11 heteroatoms. The number of methoxy groups -OCH3 is 1. The van der Waals surface area contributed by atoms with Gasteiger partial charge in [0.15, 0.2) is 5.58 Å². The van der Waals surface area contributed by atoms with Crippen LogP contribution in [0, 0.1) is 0 Å². The van der Waals surface area contributed by atoms with Crippen molar-refractivity contribution in [3.63, 3.8) is 0 Å². The molecule has 0 bridgehead atoms. The quantitative estimate of drug-likeness (QED) is 0.294. The Morgan fingerprint density at radius 3 is 2.78 bits per heavy atom. The molecule has 0 saturated carbocycles. The van der Waals surface area contributed by atoms with Gasteiger partial charge >= 0.3 is 5.97 Å². The van der Waals surface area contributed by atoms with Crippen LogP contribution >= 0.6 is 0 Å². The summed E-state index contributed by atoms with van der Waals surface area (Å²) in [6.07, 6.45) is 1.68. The van der Waals surface area contributed by atoms with E-state index in [1.807, 2.05) is 24.3 Å². The molecule has 0 atom stereocenters. The van der Waals surface area contributed by atoms with Gasteiger partial charge in [-0.3, -0.25) is 4.79 Å². The number of benzene rings is 3. The zero-order valence-electron chi connectivity index (χ0n) is 19.0. The molecule has 2 heterocycles. The first kappa shape index (κ1) is 22.6. The predicted molar refractivity (Wildman–Crippen MR) is 130 cm³/mol. The highest BCUT2D eigenvalue weighted by molar-refractivity contribution is 6.07. The fourth-order valence-electron chi connectivity index (χ4n) is 3.51. The minimum atomic E-state index is -0.561. The molecule has 5 rings (SSSR count). The summed E-state index contributed by atoms with van der Waals surface area (Å²) >= 11 is 0. The Bertz CT molecular complexity index is 1540. The van der Waals surface area contributed by atoms with Crippen molar-refractivity contribution in [1.82, 2.24) is 20.0 Å². The number of phenolic OH excluding ortho intramolecular Hbond substituents is 1. The van der Waals surface area contributed by atoms with Crippen molar-refractivity contribution in [1.29, 1.82) is 0 Å². The SMILES string of the molecule is COC(=O)c1cccc(NC(=O)c2cc(-n3cc(CNc4nc5ccccc5o4)nn3)ccc2O)c1. The number of oxazole rings is 1. The highest BCUT2D eigenvalue weighted by Gasteiger charge is 2.15. The first-order valence-electron chi connectivity index (χ1n) is 10.8. The summed E-state index contributed by atoms with van der Waals surface area (Å²) in [4.78, 5) is 28.9. The number of nitrogens with zero attached hydrogens (tertiary/aromatic N) is 4. The van der Waals surface area contributed by atoms with Gasteiger partial charge in [-0.15, -0.1) is 5.10 Å². The van der Waals surface area contributed by atoms with Crippen molar-refractivity contribution >= 4 is 34.7 Å². The summed E-state index contributed by atoms with van der Waals surface area (Å²) in [5, 5.41) is 24.3. The Morgan fingerprint density at radius 1 is 1.08 bits per heavy atom. The van der Waals surface area contributed by atoms with Crippen molar-refractivity contribution in [3.8, 4) is 11.4 Å².